The van der Waals surface area contributed by atoms with Gasteiger partial charge in [-0.2, -0.15) is 0 Å². The highest BCUT2D eigenvalue weighted by Gasteiger charge is 2.31. The molecule has 1 aliphatic heterocycles. The Kier molecular flexibility index (Phi) is 4.41. The van der Waals surface area contributed by atoms with Crippen LogP contribution in [-0.4, -0.2) is 30.6 Å². The number of rotatable bonds is 5. The molecule has 1 N–H and O–H groups in total. The molecular formula is C16H26N2. The van der Waals surface area contributed by atoms with Crippen LogP contribution in [0.1, 0.15) is 44.7 Å². The highest BCUT2D eigenvalue weighted by Crippen LogP contribution is 2.29. The normalized spacial score (nSPS) is 21.1. The maximum Gasteiger partial charge on any atom is 0.0329 e. The van der Waals surface area contributed by atoms with E-state index in [2.05, 4.69) is 61.4 Å². The van der Waals surface area contributed by atoms with Crippen molar-refractivity contribution in [3.63, 3.8) is 0 Å². The molecule has 0 spiro atoms. The van der Waals surface area contributed by atoms with Gasteiger partial charge in [0.15, 0.2) is 0 Å². The Morgan fingerprint density at radius 3 is 2.56 bits per heavy atom. The van der Waals surface area contributed by atoms with Crippen LogP contribution in [-0.2, 0) is 0 Å². The minimum atomic E-state index is 0.398. The lowest BCUT2D eigenvalue weighted by Crippen LogP contribution is -2.39. The van der Waals surface area contributed by atoms with Crippen molar-refractivity contribution in [2.24, 2.45) is 0 Å². The van der Waals surface area contributed by atoms with Crippen LogP contribution < -0.4 is 5.32 Å². The monoisotopic (exact) mass is 246 g/mol. The van der Waals surface area contributed by atoms with Crippen molar-refractivity contribution in [3.8, 4) is 0 Å². The average Bonchev–Trinajstić information content (AvgIpc) is 2.71. The van der Waals surface area contributed by atoms with E-state index in [1.165, 1.54) is 37.9 Å². The first-order valence-corrected chi connectivity index (χ1v) is 7.11. The lowest BCUT2D eigenvalue weighted by atomic mass is 10.00. The largest absolute Gasteiger partial charge is 0.313 e. The van der Waals surface area contributed by atoms with E-state index in [0.29, 0.717) is 11.6 Å². The maximum absolute atomic E-state index is 3.44. The number of hydrogen-bond donors (Lipinski definition) is 1. The van der Waals surface area contributed by atoms with Gasteiger partial charge in [-0.15, -0.1) is 0 Å². The predicted molar refractivity (Wildman–Crippen MR) is 77.7 cm³/mol. The van der Waals surface area contributed by atoms with Gasteiger partial charge in [0, 0.05) is 18.1 Å². The quantitative estimate of drug-likeness (QED) is 0.858. The zero-order valence-electron chi connectivity index (χ0n) is 11.9. The highest BCUT2D eigenvalue weighted by atomic mass is 15.2. The molecule has 1 fully saturated rings. The standard InChI is InChI=1S/C16H26N2/c1-16(2)11-7-12-18(16)13-10-15(17-3)14-8-5-4-6-9-14/h4-6,8-9,15,17H,7,10-13H2,1-3H3. The molecule has 2 nitrogen and oxygen atoms in total. The lowest BCUT2D eigenvalue weighted by molar-refractivity contribution is 0.167. The van der Waals surface area contributed by atoms with Crippen molar-refractivity contribution in [2.75, 3.05) is 20.1 Å². The fraction of sp³-hybridized carbons (Fsp3) is 0.625. The molecular weight excluding hydrogens is 220 g/mol. The first-order valence-electron chi connectivity index (χ1n) is 7.11. The van der Waals surface area contributed by atoms with Gasteiger partial charge in [-0.1, -0.05) is 30.3 Å². The van der Waals surface area contributed by atoms with Crippen LogP contribution in [0.2, 0.25) is 0 Å². The van der Waals surface area contributed by atoms with E-state index in [1.807, 2.05) is 0 Å². The second-order valence-electron chi connectivity index (χ2n) is 5.94. The Morgan fingerprint density at radius 1 is 1.28 bits per heavy atom. The minimum Gasteiger partial charge on any atom is -0.313 e. The predicted octanol–water partition coefficient (Wildman–Crippen LogP) is 3.21. The molecule has 0 aliphatic carbocycles. The molecule has 0 aromatic heterocycles. The van der Waals surface area contributed by atoms with E-state index < -0.39 is 0 Å². The summed E-state index contributed by atoms with van der Waals surface area (Å²) in [5.41, 5.74) is 1.80. The fourth-order valence-electron chi connectivity index (χ4n) is 3.03. The van der Waals surface area contributed by atoms with Crippen LogP contribution in [0.15, 0.2) is 30.3 Å². The van der Waals surface area contributed by atoms with Crippen molar-refractivity contribution < 1.29 is 0 Å². The van der Waals surface area contributed by atoms with E-state index in [0.717, 1.165) is 0 Å². The van der Waals surface area contributed by atoms with Gasteiger partial charge in [-0.05, 0) is 52.3 Å². The maximum atomic E-state index is 3.44. The number of nitrogens with one attached hydrogen (secondary N) is 1. The van der Waals surface area contributed by atoms with Crippen molar-refractivity contribution in [2.45, 2.75) is 44.7 Å². The average molecular weight is 246 g/mol. The van der Waals surface area contributed by atoms with Crippen molar-refractivity contribution in [3.05, 3.63) is 35.9 Å². The Bertz CT molecular complexity index is 359. The van der Waals surface area contributed by atoms with Crippen molar-refractivity contribution >= 4 is 0 Å². The summed E-state index contributed by atoms with van der Waals surface area (Å²) in [6.45, 7) is 7.19. The highest BCUT2D eigenvalue weighted by molar-refractivity contribution is 5.18. The summed E-state index contributed by atoms with van der Waals surface area (Å²) in [6.07, 6.45) is 3.87. The topological polar surface area (TPSA) is 15.3 Å². The Morgan fingerprint density at radius 2 is 2.00 bits per heavy atom. The summed E-state index contributed by atoms with van der Waals surface area (Å²) < 4.78 is 0. The molecule has 2 rings (SSSR count). The smallest absolute Gasteiger partial charge is 0.0329 e. The number of likely N-dealkylation sites (tertiary alicyclic amines) is 1. The van der Waals surface area contributed by atoms with Crippen LogP contribution in [0, 0.1) is 0 Å². The fourth-order valence-corrected chi connectivity index (χ4v) is 3.03. The summed E-state index contributed by atoms with van der Waals surface area (Å²) in [5.74, 6) is 0. The molecule has 100 valence electrons. The van der Waals surface area contributed by atoms with Crippen LogP contribution >= 0.6 is 0 Å². The van der Waals surface area contributed by atoms with Gasteiger partial charge < -0.3 is 5.32 Å². The third-order valence-electron chi connectivity index (χ3n) is 4.31. The number of benzene rings is 1. The van der Waals surface area contributed by atoms with Crippen molar-refractivity contribution in [1.29, 1.82) is 0 Å². The minimum absolute atomic E-state index is 0.398. The first kappa shape index (κ1) is 13.6. The van der Waals surface area contributed by atoms with E-state index in [1.54, 1.807) is 0 Å². The van der Waals surface area contributed by atoms with Crippen molar-refractivity contribution in [1.82, 2.24) is 10.2 Å². The Hall–Kier alpha value is -0.860. The van der Waals surface area contributed by atoms with Gasteiger partial charge in [0.05, 0.1) is 0 Å². The lowest BCUT2D eigenvalue weighted by Gasteiger charge is -2.32. The van der Waals surface area contributed by atoms with Gasteiger partial charge in [0.2, 0.25) is 0 Å². The molecule has 2 heteroatoms. The summed E-state index contributed by atoms with van der Waals surface area (Å²) in [4.78, 5) is 2.64. The van der Waals surface area contributed by atoms with Gasteiger partial charge in [-0.3, -0.25) is 4.90 Å². The van der Waals surface area contributed by atoms with E-state index in [4.69, 9.17) is 0 Å². The van der Waals surface area contributed by atoms with Gasteiger partial charge in [-0.25, -0.2) is 0 Å². The van der Waals surface area contributed by atoms with E-state index >= 15 is 0 Å². The second kappa shape index (κ2) is 5.85. The molecule has 1 heterocycles. The van der Waals surface area contributed by atoms with Crippen LogP contribution in [0.4, 0.5) is 0 Å². The Balaban J connectivity index is 1.92. The summed E-state index contributed by atoms with van der Waals surface area (Å²) in [5, 5.41) is 3.44. The third-order valence-corrected chi connectivity index (χ3v) is 4.31. The van der Waals surface area contributed by atoms with Gasteiger partial charge >= 0.3 is 0 Å². The summed E-state index contributed by atoms with van der Waals surface area (Å²) >= 11 is 0. The van der Waals surface area contributed by atoms with E-state index in [-0.39, 0.29) is 0 Å². The summed E-state index contributed by atoms with van der Waals surface area (Å²) in [7, 11) is 2.06. The van der Waals surface area contributed by atoms with Crippen LogP contribution in [0.5, 0.6) is 0 Å². The zero-order chi connectivity index (χ0) is 13.0. The molecule has 1 aromatic carbocycles. The molecule has 1 unspecified atom stereocenters. The SMILES string of the molecule is CNC(CCN1CCCC1(C)C)c1ccccc1. The third kappa shape index (κ3) is 3.12. The molecule has 0 radical (unpaired) electrons. The van der Waals surface area contributed by atoms with E-state index in [9.17, 15) is 0 Å². The molecule has 1 saturated heterocycles. The molecule has 0 bridgehead atoms. The van der Waals surface area contributed by atoms with Crippen LogP contribution in [0.25, 0.3) is 0 Å². The molecule has 0 amide bonds. The Labute approximate surface area is 111 Å². The van der Waals surface area contributed by atoms with Gasteiger partial charge in [0.1, 0.15) is 0 Å². The van der Waals surface area contributed by atoms with Crippen LogP contribution in [0.3, 0.4) is 0 Å². The van der Waals surface area contributed by atoms with Gasteiger partial charge in [0.25, 0.3) is 0 Å². The molecule has 0 saturated carbocycles. The molecule has 1 aromatic rings. The number of hydrogen-bond acceptors (Lipinski definition) is 2. The molecule has 1 atom stereocenters. The second-order valence-corrected chi connectivity index (χ2v) is 5.94. The molecule has 18 heavy (non-hydrogen) atoms. The zero-order valence-corrected chi connectivity index (χ0v) is 11.9. The molecule has 1 aliphatic rings. The summed E-state index contributed by atoms with van der Waals surface area (Å²) in [6, 6.07) is 11.2. The number of nitrogens with zero attached hydrogens (tertiary/aromatic N) is 1. The first-order chi connectivity index (χ1) is 8.63.